The fraction of sp³-hybridized carbons (Fsp3) is 0.375. The third-order valence-electron chi connectivity index (χ3n) is 1.96. The van der Waals surface area contributed by atoms with Crippen molar-refractivity contribution in [2.75, 3.05) is 0 Å². The van der Waals surface area contributed by atoms with Crippen molar-refractivity contribution in [1.29, 1.82) is 0 Å². The lowest BCUT2D eigenvalue weighted by molar-refractivity contribution is 0.0805. The van der Waals surface area contributed by atoms with E-state index in [0.29, 0.717) is 0 Å². The van der Waals surface area contributed by atoms with Crippen molar-refractivity contribution in [3.8, 4) is 0 Å². The molecular formula is C8H13B2NO. The highest BCUT2D eigenvalue weighted by atomic mass is 16.3. The van der Waals surface area contributed by atoms with Crippen LogP contribution in [0.25, 0.3) is 0 Å². The Morgan fingerprint density at radius 3 is 2.33 bits per heavy atom. The van der Waals surface area contributed by atoms with Crippen LogP contribution in [0.4, 0.5) is 0 Å². The predicted molar refractivity (Wildman–Crippen MR) is 55.8 cm³/mol. The maximum absolute atomic E-state index is 9.81. The van der Waals surface area contributed by atoms with Crippen LogP contribution in [0.15, 0.2) is 12.3 Å². The molecule has 12 heavy (non-hydrogen) atoms. The summed E-state index contributed by atoms with van der Waals surface area (Å²) in [5.41, 5.74) is 2.14. The van der Waals surface area contributed by atoms with Gasteiger partial charge in [-0.25, -0.2) is 0 Å². The van der Waals surface area contributed by atoms with Crippen molar-refractivity contribution in [2.24, 2.45) is 0 Å². The van der Waals surface area contributed by atoms with E-state index in [2.05, 4.69) is 4.98 Å². The number of aromatic nitrogens is 1. The van der Waals surface area contributed by atoms with Gasteiger partial charge in [0.2, 0.25) is 0 Å². The van der Waals surface area contributed by atoms with Gasteiger partial charge in [-0.3, -0.25) is 4.98 Å². The second-order valence-electron chi connectivity index (χ2n) is 3.65. The zero-order valence-corrected chi connectivity index (χ0v) is 8.05. The van der Waals surface area contributed by atoms with Gasteiger partial charge in [0.25, 0.3) is 0 Å². The smallest absolute Gasteiger partial charge is 0.164 e. The van der Waals surface area contributed by atoms with Crippen molar-refractivity contribution >= 4 is 26.7 Å². The van der Waals surface area contributed by atoms with Gasteiger partial charge < -0.3 is 5.11 Å². The molecule has 1 aromatic heterocycles. The summed E-state index contributed by atoms with van der Waals surface area (Å²) in [6.45, 7) is 3.56. The molecule has 0 aliphatic heterocycles. The van der Waals surface area contributed by atoms with Crippen molar-refractivity contribution in [2.45, 2.75) is 19.4 Å². The van der Waals surface area contributed by atoms with Crippen LogP contribution in [-0.2, 0) is 5.60 Å². The number of nitrogens with zero attached hydrogens (tertiary/aromatic N) is 1. The van der Waals surface area contributed by atoms with Gasteiger partial charge >= 0.3 is 0 Å². The van der Waals surface area contributed by atoms with Crippen LogP contribution in [0.3, 0.4) is 0 Å². The van der Waals surface area contributed by atoms with E-state index in [4.69, 9.17) is 0 Å². The Labute approximate surface area is 74.8 Å². The van der Waals surface area contributed by atoms with Crippen LogP contribution < -0.4 is 11.1 Å². The fourth-order valence-electron chi connectivity index (χ4n) is 1.62. The lowest BCUT2D eigenvalue weighted by Gasteiger charge is -2.22. The van der Waals surface area contributed by atoms with Gasteiger partial charge in [-0.15, -0.1) is 0 Å². The summed E-state index contributed by atoms with van der Waals surface area (Å²) >= 11 is 0. The molecule has 0 atom stereocenters. The van der Waals surface area contributed by atoms with E-state index in [0.717, 1.165) is 16.6 Å². The molecule has 2 nitrogen and oxygen atoms in total. The minimum atomic E-state index is -0.789. The SMILES string of the molecule is Bc1ccnc(B)c1C(C)(C)O. The lowest BCUT2D eigenvalue weighted by atomic mass is 9.78. The molecule has 62 valence electrons. The third-order valence-corrected chi connectivity index (χ3v) is 1.96. The van der Waals surface area contributed by atoms with E-state index in [-0.39, 0.29) is 0 Å². The summed E-state index contributed by atoms with van der Waals surface area (Å²) in [7, 11) is 3.91. The van der Waals surface area contributed by atoms with Crippen molar-refractivity contribution in [3.05, 3.63) is 17.8 Å². The Balaban J connectivity index is 3.31. The first-order valence-electron chi connectivity index (χ1n) is 4.08. The molecule has 0 spiro atoms. The molecule has 4 heteroatoms. The van der Waals surface area contributed by atoms with Gasteiger partial charge in [0, 0.05) is 11.8 Å². The monoisotopic (exact) mass is 161 g/mol. The molecular weight excluding hydrogens is 148 g/mol. The van der Waals surface area contributed by atoms with Gasteiger partial charge in [-0.2, -0.15) is 0 Å². The molecule has 0 amide bonds. The molecule has 0 aliphatic rings. The second kappa shape index (κ2) is 2.94. The van der Waals surface area contributed by atoms with E-state index < -0.39 is 5.60 Å². The number of hydrogen-bond donors (Lipinski definition) is 1. The average Bonchev–Trinajstić information content (AvgIpc) is 1.82. The number of hydrogen-bond acceptors (Lipinski definition) is 2. The third kappa shape index (κ3) is 1.69. The Kier molecular flexibility index (Phi) is 2.29. The summed E-state index contributed by atoms with van der Waals surface area (Å²) in [5.74, 6) is 0. The van der Waals surface area contributed by atoms with Gasteiger partial charge in [0.1, 0.15) is 7.85 Å². The summed E-state index contributed by atoms with van der Waals surface area (Å²) in [6, 6.07) is 1.92. The molecule has 0 aromatic carbocycles. The number of aliphatic hydroxyl groups is 1. The molecule has 0 unspecified atom stereocenters. The summed E-state index contributed by atoms with van der Waals surface area (Å²) in [5, 5.41) is 9.81. The first-order chi connectivity index (χ1) is 5.43. The van der Waals surface area contributed by atoms with Crippen molar-refractivity contribution in [1.82, 2.24) is 4.98 Å². The standard InChI is InChI=1S/C8H13B2NO/c1-8(2,12)6-5(9)3-4-11-7(6)10/h3-4,12H,9-10H2,1-2H3. The zero-order valence-electron chi connectivity index (χ0n) is 8.05. The molecule has 1 N–H and O–H groups in total. The van der Waals surface area contributed by atoms with E-state index >= 15 is 0 Å². The van der Waals surface area contributed by atoms with E-state index in [9.17, 15) is 5.11 Å². The molecule has 0 saturated carbocycles. The highest BCUT2D eigenvalue weighted by Crippen LogP contribution is 2.13. The molecule has 0 aliphatic carbocycles. The zero-order chi connectivity index (χ0) is 9.35. The topological polar surface area (TPSA) is 33.1 Å². The van der Waals surface area contributed by atoms with Crippen molar-refractivity contribution in [3.63, 3.8) is 0 Å². The van der Waals surface area contributed by atoms with Gasteiger partial charge in [-0.05, 0) is 25.5 Å². The number of pyridine rings is 1. The van der Waals surface area contributed by atoms with Gasteiger partial charge in [0.05, 0.1) is 5.60 Å². The molecule has 0 radical (unpaired) electrons. The maximum atomic E-state index is 9.81. The first kappa shape index (κ1) is 9.33. The van der Waals surface area contributed by atoms with Crippen LogP contribution in [0.5, 0.6) is 0 Å². The summed E-state index contributed by atoms with van der Waals surface area (Å²) in [4.78, 5) is 4.15. The number of rotatable bonds is 1. The van der Waals surface area contributed by atoms with E-state index in [1.165, 1.54) is 0 Å². The molecule has 1 rings (SSSR count). The quantitative estimate of drug-likeness (QED) is 0.475. The van der Waals surface area contributed by atoms with Crippen LogP contribution >= 0.6 is 0 Å². The minimum absolute atomic E-state index is 0.789. The van der Waals surface area contributed by atoms with Gasteiger partial charge in [0.15, 0.2) is 7.85 Å². The summed E-state index contributed by atoms with van der Waals surface area (Å²) < 4.78 is 0. The average molecular weight is 161 g/mol. The molecule has 1 heterocycles. The predicted octanol–water partition coefficient (Wildman–Crippen LogP) is -2.17. The Bertz CT molecular complexity index is 273. The largest absolute Gasteiger partial charge is 0.386 e. The van der Waals surface area contributed by atoms with E-state index in [1.807, 2.05) is 21.8 Å². The first-order valence-corrected chi connectivity index (χ1v) is 4.08. The van der Waals surface area contributed by atoms with E-state index in [1.54, 1.807) is 20.0 Å². The van der Waals surface area contributed by atoms with Crippen LogP contribution in [0.2, 0.25) is 0 Å². The van der Waals surface area contributed by atoms with Crippen molar-refractivity contribution < 1.29 is 5.11 Å². The minimum Gasteiger partial charge on any atom is -0.386 e. The highest BCUT2D eigenvalue weighted by Gasteiger charge is 2.20. The molecule has 0 fully saturated rings. The highest BCUT2D eigenvalue weighted by molar-refractivity contribution is 6.38. The Hall–Kier alpha value is -0.760. The molecule has 1 aromatic rings. The van der Waals surface area contributed by atoms with Crippen LogP contribution in [0, 0.1) is 0 Å². The summed E-state index contributed by atoms with van der Waals surface area (Å²) in [6.07, 6.45) is 1.76. The normalized spacial score (nSPS) is 11.6. The molecule has 0 saturated heterocycles. The lowest BCUT2D eigenvalue weighted by Crippen LogP contribution is -2.35. The van der Waals surface area contributed by atoms with Gasteiger partial charge in [-0.1, -0.05) is 5.46 Å². The Morgan fingerprint density at radius 2 is 2.00 bits per heavy atom. The van der Waals surface area contributed by atoms with Crippen LogP contribution in [-0.4, -0.2) is 25.8 Å². The fourth-order valence-corrected chi connectivity index (χ4v) is 1.62. The second-order valence-corrected chi connectivity index (χ2v) is 3.65. The maximum Gasteiger partial charge on any atom is 0.164 e. The van der Waals surface area contributed by atoms with Crippen LogP contribution in [0.1, 0.15) is 19.4 Å². The molecule has 0 bridgehead atoms. The Morgan fingerprint density at radius 1 is 1.42 bits per heavy atom.